The highest BCUT2D eigenvalue weighted by Gasteiger charge is 2.35. The van der Waals surface area contributed by atoms with Crippen molar-refractivity contribution >= 4 is 28.4 Å². The fourth-order valence-corrected chi connectivity index (χ4v) is 4.58. The molecule has 3 unspecified atom stereocenters. The van der Waals surface area contributed by atoms with Gasteiger partial charge in [-0.25, -0.2) is 0 Å². The van der Waals surface area contributed by atoms with E-state index in [0.29, 0.717) is 17.2 Å². The molecule has 0 spiro atoms. The summed E-state index contributed by atoms with van der Waals surface area (Å²) in [4.78, 5) is 4.90. The number of nitrogens with zero attached hydrogens (tertiary/aromatic N) is 1. The van der Waals surface area contributed by atoms with E-state index >= 15 is 0 Å². The lowest BCUT2D eigenvalue weighted by Crippen LogP contribution is -2.31. The van der Waals surface area contributed by atoms with Crippen LogP contribution in [0, 0.1) is 5.92 Å². The Bertz CT molecular complexity index is 472. The molecule has 2 N–H and O–H groups in total. The summed E-state index contributed by atoms with van der Waals surface area (Å²) in [7, 11) is 0. The predicted molar refractivity (Wildman–Crippen MR) is 84.2 cm³/mol. The second kappa shape index (κ2) is 5.86. The van der Waals surface area contributed by atoms with E-state index in [9.17, 15) is 0 Å². The molecule has 1 aliphatic carbocycles. The summed E-state index contributed by atoms with van der Waals surface area (Å²) in [5.74, 6) is 0.707. The number of benzene rings is 1. The minimum Gasteiger partial charge on any atom is -0.330 e. The third-order valence-electron chi connectivity index (χ3n) is 4.06. The molecule has 1 aromatic rings. The van der Waals surface area contributed by atoms with Gasteiger partial charge in [0.1, 0.15) is 0 Å². The van der Waals surface area contributed by atoms with Gasteiger partial charge in [0.2, 0.25) is 0 Å². The van der Waals surface area contributed by atoms with Crippen molar-refractivity contribution in [3.05, 3.63) is 34.9 Å². The molecule has 1 aromatic carbocycles. The highest BCUT2D eigenvalue weighted by molar-refractivity contribution is 8.14. The largest absolute Gasteiger partial charge is 0.330 e. The van der Waals surface area contributed by atoms with E-state index in [4.69, 9.17) is 22.3 Å². The molecule has 19 heavy (non-hydrogen) atoms. The maximum Gasteiger partial charge on any atom is 0.0727 e. The molecule has 102 valence electrons. The molecule has 0 amide bonds. The topological polar surface area (TPSA) is 38.4 Å². The van der Waals surface area contributed by atoms with Gasteiger partial charge in [-0.3, -0.25) is 4.99 Å². The maximum absolute atomic E-state index is 5.91. The number of thioether (sulfide) groups is 1. The molecule has 4 heteroatoms. The zero-order valence-electron chi connectivity index (χ0n) is 10.9. The van der Waals surface area contributed by atoms with Gasteiger partial charge in [0.05, 0.1) is 11.1 Å². The first kappa shape index (κ1) is 13.5. The molecule has 0 bridgehead atoms. The van der Waals surface area contributed by atoms with Crippen molar-refractivity contribution < 1.29 is 0 Å². The average Bonchev–Trinajstić information content (AvgIpc) is 2.82. The lowest BCUT2D eigenvalue weighted by atomic mass is 9.86. The van der Waals surface area contributed by atoms with Crippen molar-refractivity contribution in [3.63, 3.8) is 0 Å². The summed E-state index contributed by atoms with van der Waals surface area (Å²) in [5.41, 5.74) is 7.10. The van der Waals surface area contributed by atoms with Crippen molar-refractivity contribution in [1.29, 1.82) is 0 Å². The molecule has 1 heterocycles. The van der Waals surface area contributed by atoms with Gasteiger partial charge in [0.25, 0.3) is 0 Å². The standard InChI is InChI=1S/C15H19ClN2S/c16-12-4-1-10(2-5-12)8-15-18-13-6-3-11(9-17)7-14(13)19-15/h1-2,4-5,11,13-14H,3,6-9,17H2. The van der Waals surface area contributed by atoms with Gasteiger partial charge >= 0.3 is 0 Å². The van der Waals surface area contributed by atoms with Gasteiger partial charge in [-0.1, -0.05) is 23.7 Å². The number of halogens is 1. The highest BCUT2D eigenvalue weighted by atomic mass is 35.5. The molecule has 2 aliphatic rings. The average molecular weight is 295 g/mol. The van der Waals surface area contributed by atoms with Crippen LogP contribution in [0.5, 0.6) is 0 Å². The first-order valence-corrected chi connectivity index (χ1v) is 8.18. The highest BCUT2D eigenvalue weighted by Crippen LogP contribution is 2.40. The second-order valence-corrected chi connectivity index (χ2v) is 7.21. The van der Waals surface area contributed by atoms with Crippen molar-refractivity contribution in [2.75, 3.05) is 6.54 Å². The van der Waals surface area contributed by atoms with E-state index in [0.717, 1.165) is 18.0 Å². The van der Waals surface area contributed by atoms with Gasteiger partial charge in [-0.15, -0.1) is 11.8 Å². The number of aliphatic imine (C=N–C) groups is 1. The van der Waals surface area contributed by atoms with Crippen molar-refractivity contribution in [1.82, 2.24) is 0 Å². The van der Waals surface area contributed by atoms with Gasteiger partial charge in [0.15, 0.2) is 0 Å². The van der Waals surface area contributed by atoms with Crippen LogP contribution in [0.2, 0.25) is 5.02 Å². The fourth-order valence-electron chi connectivity index (χ4n) is 2.94. The first-order chi connectivity index (χ1) is 9.24. The fraction of sp³-hybridized carbons (Fsp3) is 0.533. The van der Waals surface area contributed by atoms with Crippen LogP contribution in [0.1, 0.15) is 24.8 Å². The van der Waals surface area contributed by atoms with E-state index in [-0.39, 0.29) is 0 Å². The molecular weight excluding hydrogens is 276 g/mol. The smallest absolute Gasteiger partial charge is 0.0727 e. The SMILES string of the molecule is NCC1CCC2N=C(Cc3ccc(Cl)cc3)SC2C1. The van der Waals surface area contributed by atoms with E-state index in [1.54, 1.807) is 0 Å². The normalized spacial score (nSPS) is 30.0. The summed E-state index contributed by atoms with van der Waals surface area (Å²) in [6.07, 6.45) is 4.64. The van der Waals surface area contributed by atoms with Crippen LogP contribution in [0.15, 0.2) is 29.3 Å². The van der Waals surface area contributed by atoms with Crippen molar-refractivity contribution in [2.45, 2.75) is 37.0 Å². The third-order valence-corrected chi connectivity index (χ3v) is 5.65. The zero-order valence-corrected chi connectivity index (χ0v) is 12.5. The number of hydrogen-bond acceptors (Lipinski definition) is 3. The van der Waals surface area contributed by atoms with Crippen LogP contribution in [0.4, 0.5) is 0 Å². The Balaban J connectivity index is 1.63. The molecule has 0 saturated heterocycles. The minimum absolute atomic E-state index is 0.537. The summed E-state index contributed by atoms with van der Waals surface area (Å²) in [6, 6.07) is 8.63. The Morgan fingerprint density at radius 3 is 2.79 bits per heavy atom. The lowest BCUT2D eigenvalue weighted by molar-refractivity contribution is 0.347. The quantitative estimate of drug-likeness (QED) is 0.926. The van der Waals surface area contributed by atoms with Crippen LogP contribution >= 0.6 is 23.4 Å². The molecule has 1 aliphatic heterocycles. The molecule has 3 atom stereocenters. The number of hydrogen-bond donors (Lipinski definition) is 1. The summed E-state index contributed by atoms with van der Waals surface area (Å²) in [5, 5.41) is 2.75. The number of nitrogens with two attached hydrogens (primary N) is 1. The Morgan fingerprint density at radius 1 is 1.26 bits per heavy atom. The Morgan fingerprint density at radius 2 is 2.05 bits per heavy atom. The second-order valence-electron chi connectivity index (χ2n) is 5.46. The Hall–Kier alpha value is -0.510. The molecule has 0 aromatic heterocycles. The molecule has 3 rings (SSSR count). The summed E-state index contributed by atoms with van der Waals surface area (Å²) in [6.45, 7) is 0.830. The van der Waals surface area contributed by atoms with Gasteiger partial charge in [-0.2, -0.15) is 0 Å². The predicted octanol–water partition coefficient (Wildman–Crippen LogP) is 3.52. The molecule has 0 radical (unpaired) electrons. The van der Waals surface area contributed by atoms with Crippen LogP contribution in [-0.4, -0.2) is 22.9 Å². The van der Waals surface area contributed by atoms with Gasteiger partial charge < -0.3 is 5.73 Å². The van der Waals surface area contributed by atoms with E-state index in [1.807, 2.05) is 23.9 Å². The number of rotatable bonds is 3. The van der Waals surface area contributed by atoms with Crippen molar-refractivity contribution in [2.24, 2.45) is 16.6 Å². The zero-order chi connectivity index (χ0) is 13.2. The Labute approximate surface area is 123 Å². The monoisotopic (exact) mass is 294 g/mol. The lowest BCUT2D eigenvalue weighted by Gasteiger charge is -2.28. The van der Waals surface area contributed by atoms with Crippen LogP contribution < -0.4 is 5.73 Å². The van der Waals surface area contributed by atoms with E-state index < -0.39 is 0 Å². The molecule has 1 saturated carbocycles. The molecule has 2 nitrogen and oxygen atoms in total. The van der Waals surface area contributed by atoms with E-state index in [2.05, 4.69) is 12.1 Å². The van der Waals surface area contributed by atoms with Crippen molar-refractivity contribution in [3.8, 4) is 0 Å². The molecule has 1 fully saturated rings. The Kier molecular flexibility index (Phi) is 4.15. The summed E-state index contributed by atoms with van der Waals surface area (Å²) >= 11 is 7.89. The maximum atomic E-state index is 5.91. The third kappa shape index (κ3) is 3.15. The number of fused-ring (bicyclic) bond motifs is 1. The molecular formula is C15H19ClN2S. The minimum atomic E-state index is 0.537. The van der Waals surface area contributed by atoms with Crippen LogP contribution in [0.3, 0.4) is 0 Å². The van der Waals surface area contributed by atoms with Crippen LogP contribution in [-0.2, 0) is 6.42 Å². The summed E-state index contributed by atoms with van der Waals surface area (Å²) < 4.78 is 0. The van der Waals surface area contributed by atoms with E-state index in [1.165, 1.54) is 29.9 Å². The van der Waals surface area contributed by atoms with Gasteiger partial charge in [0, 0.05) is 16.7 Å². The van der Waals surface area contributed by atoms with Gasteiger partial charge in [-0.05, 0) is 49.4 Å². The van der Waals surface area contributed by atoms with Crippen LogP contribution in [0.25, 0.3) is 0 Å². The first-order valence-electron chi connectivity index (χ1n) is 6.92.